The number of nitrogens with zero attached hydrogens (tertiary/aromatic N) is 2. The van der Waals surface area contributed by atoms with Gasteiger partial charge in [0.15, 0.2) is 0 Å². The first kappa shape index (κ1) is 15.1. The zero-order chi connectivity index (χ0) is 16.5. The van der Waals surface area contributed by atoms with Crippen molar-refractivity contribution >= 4 is 27.5 Å². The molecule has 0 spiro atoms. The van der Waals surface area contributed by atoms with Gasteiger partial charge in [0.1, 0.15) is 11.4 Å². The van der Waals surface area contributed by atoms with Crippen LogP contribution in [0.15, 0.2) is 41.5 Å². The number of carbonyl (C=O) groups is 1. The maximum Gasteiger partial charge on any atom is 0.262 e. The molecule has 0 saturated carbocycles. The minimum atomic E-state index is -0.186. The van der Waals surface area contributed by atoms with E-state index in [9.17, 15) is 9.59 Å². The summed E-state index contributed by atoms with van der Waals surface area (Å²) in [5.41, 5.74) is 2.07. The Morgan fingerprint density at radius 2 is 2.08 bits per heavy atom. The zero-order valence-electron chi connectivity index (χ0n) is 13.1. The van der Waals surface area contributed by atoms with Gasteiger partial charge in [-0.05, 0) is 30.4 Å². The largest absolute Gasteiger partial charge is 0.350 e. The number of hydrogen-bond acceptors (Lipinski definition) is 4. The topological polar surface area (TPSA) is 64.0 Å². The van der Waals surface area contributed by atoms with Crippen molar-refractivity contribution in [2.45, 2.75) is 32.4 Å². The van der Waals surface area contributed by atoms with Gasteiger partial charge in [0.05, 0.1) is 11.7 Å². The van der Waals surface area contributed by atoms with Gasteiger partial charge >= 0.3 is 0 Å². The molecule has 0 aliphatic heterocycles. The van der Waals surface area contributed by atoms with Crippen LogP contribution in [0.5, 0.6) is 0 Å². The Balaban J connectivity index is 1.53. The number of carbonyl (C=O) groups excluding carboxylic acids is 1. The van der Waals surface area contributed by atoms with Gasteiger partial charge in [-0.3, -0.25) is 14.2 Å². The number of rotatable bonds is 4. The van der Waals surface area contributed by atoms with Crippen molar-refractivity contribution in [1.82, 2.24) is 14.9 Å². The summed E-state index contributed by atoms with van der Waals surface area (Å²) < 4.78 is 1.41. The third-order valence-electron chi connectivity index (χ3n) is 4.34. The molecule has 4 rings (SSSR count). The Morgan fingerprint density at radius 3 is 2.92 bits per heavy atom. The van der Waals surface area contributed by atoms with Crippen molar-refractivity contribution in [2.24, 2.45) is 0 Å². The van der Waals surface area contributed by atoms with E-state index in [0.29, 0.717) is 11.9 Å². The van der Waals surface area contributed by atoms with Crippen LogP contribution in [-0.4, -0.2) is 15.5 Å². The molecule has 0 radical (unpaired) electrons. The molecule has 5 nitrogen and oxygen atoms in total. The first-order valence-corrected chi connectivity index (χ1v) is 8.84. The molecule has 1 amide bonds. The molecule has 0 saturated heterocycles. The molecule has 1 aliphatic carbocycles. The van der Waals surface area contributed by atoms with E-state index in [-0.39, 0.29) is 18.0 Å². The molecule has 0 atom stereocenters. The molecule has 0 bridgehead atoms. The predicted octanol–water partition coefficient (Wildman–Crippen LogP) is 2.26. The highest BCUT2D eigenvalue weighted by molar-refractivity contribution is 7.18. The second kappa shape index (κ2) is 6.20. The average molecular weight is 339 g/mol. The van der Waals surface area contributed by atoms with Crippen LogP contribution < -0.4 is 10.9 Å². The highest BCUT2D eigenvalue weighted by Gasteiger charge is 2.21. The molecule has 3 aromatic rings. The molecule has 24 heavy (non-hydrogen) atoms. The summed E-state index contributed by atoms with van der Waals surface area (Å²) in [6.45, 7) is 0.456. The monoisotopic (exact) mass is 339 g/mol. The average Bonchev–Trinajstić information content (AvgIpc) is 3.17. The number of nitrogens with one attached hydrogen (secondary N) is 1. The van der Waals surface area contributed by atoms with E-state index in [2.05, 4.69) is 10.3 Å². The molecule has 1 aromatic carbocycles. The summed E-state index contributed by atoms with van der Waals surface area (Å²) in [4.78, 5) is 31.3. The SMILES string of the molecule is O=C(Cn1cnc2sc3c(c2c1=O)CCC3)NCc1ccccc1. The lowest BCUT2D eigenvalue weighted by Crippen LogP contribution is -2.32. The first-order chi connectivity index (χ1) is 11.7. The standard InChI is InChI=1S/C18H17N3O2S/c22-15(19-9-12-5-2-1-3-6-12)10-21-11-20-17-16(18(21)23)13-7-4-8-14(13)24-17/h1-3,5-6,11H,4,7-10H2,(H,19,22). The van der Waals surface area contributed by atoms with Crippen LogP contribution in [0.2, 0.25) is 0 Å². The van der Waals surface area contributed by atoms with E-state index in [1.54, 1.807) is 11.3 Å². The second-order valence-corrected chi connectivity index (χ2v) is 7.06. The molecule has 2 aromatic heterocycles. The third kappa shape index (κ3) is 2.73. The summed E-state index contributed by atoms with van der Waals surface area (Å²) in [5.74, 6) is -0.186. The van der Waals surface area contributed by atoms with Gasteiger partial charge in [0.25, 0.3) is 5.56 Å². The lowest BCUT2D eigenvalue weighted by molar-refractivity contribution is -0.121. The van der Waals surface area contributed by atoms with Crippen LogP contribution in [0.1, 0.15) is 22.4 Å². The molecule has 0 fully saturated rings. The number of benzene rings is 1. The van der Waals surface area contributed by atoms with Crippen molar-refractivity contribution < 1.29 is 4.79 Å². The fourth-order valence-electron chi connectivity index (χ4n) is 3.14. The van der Waals surface area contributed by atoms with Crippen molar-refractivity contribution in [1.29, 1.82) is 0 Å². The molecule has 0 unspecified atom stereocenters. The quantitative estimate of drug-likeness (QED) is 0.793. The van der Waals surface area contributed by atoms with Crippen molar-refractivity contribution in [3.8, 4) is 0 Å². The Hall–Kier alpha value is -2.47. The summed E-state index contributed by atoms with van der Waals surface area (Å²) in [5, 5.41) is 3.56. The summed E-state index contributed by atoms with van der Waals surface area (Å²) in [6.07, 6.45) is 4.56. The van der Waals surface area contributed by atoms with Gasteiger partial charge in [-0.1, -0.05) is 30.3 Å². The van der Waals surface area contributed by atoms with Gasteiger partial charge < -0.3 is 5.32 Å². The van der Waals surface area contributed by atoms with Crippen molar-refractivity contribution in [3.05, 3.63) is 63.0 Å². The minimum absolute atomic E-state index is 0.000767. The van der Waals surface area contributed by atoms with Crippen LogP contribution in [0.3, 0.4) is 0 Å². The van der Waals surface area contributed by atoms with Crippen LogP contribution >= 0.6 is 11.3 Å². The molecule has 1 aliphatic rings. The maximum atomic E-state index is 12.7. The van der Waals surface area contributed by atoms with Gasteiger partial charge in [-0.2, -0.15) is 0 Å². The molecular formula is C18H17N3O2S. The Kier molecular flexibility index (Phi) is 3.90. The van der Waals surface area contributed by atoms with E-state index in [4.69, 9.17) is 0 Å². The van der Waals surface area contributed by atoms with E-state index in [1.807, 2.05) is 30.3 Å². The number of amides is 1. The van der Waals surface area contributed by atoms with E-state index in [1.165, 1.54) is 15.8 Å². The van der Waals surface area contributed by atoms with Gasteiger partial charge in [0, 0.05) is 11.4 Å². The number of aromatic nitrogens is 2. The smallest absolute Gasteiger partial charge is 0.262 e. The molecule has 122 valence electrons. The number of aryl methyl sites for hydroxylation is 2. The highest BCUT2D eigenvalue weighted by atomic mass is 32.1. The Bertz CT molecular complexity index is 960. The van der Waals surface area contributed by atoms with Crippen molar-refractivity contribution in [2.75, 3.05) is 0 Å². The van der Waals surface area contributed by atoms with Crippen molar-refractivity contribution in [3.63, 3.8) is 0 Å². The minimum Gasteiger partial charge on any atom is -0.350 e. The lowest BCUT2D eigenvalue weighted by Gasteiger charge is -2.07. The first-order valence-electron chi connectivity index (χ1n) is 8.02. The highest BCUT2D eigenvalue weighted by Crippen LogP contribution is 2.34. The van der Waals surface area contributed by atoms with Crippen LogP contribution in [0.25, 0.3) is 10.2 Å². The molecule has 1 N–H and O–H groups in total. The molecule has 2 heterocycles. The Morgan fingerprint density at radius 1 is 1.25 bits per heavy atom. The van der Waals surface area contributed by atoms with Gasteiger partial charge in [-0.25, -0.2) is 4.98 Å². The summed E-state index contributed by atoms with van der Waals surface area (Å²) >= 11 is 1.61. The van der Waals surface area contributed by atoms with E-state index >= 15 is 0 Å². The number of thiophene rings is 1. The lowest BCUT2D eigenvalue weighted by atomic mass is 10.2. The fraction of sp³-hybridized carbons (Fsp3) is 0.278. The van der Waals surface area contributed by atoms with Crippen LogP contribution in [0, 0.1) is 0 Å². The summed E-state index contributed by atoms with van der Waals surface area (Å²) in [6, 6.07) is 9.70. The van der Waals surface area contributed by atoms with Crippen LogP contribution in [-0.2, 0) is 30.7 Å². The van der Waals surface area contributed by atoms with Gasteiger partial charge in [0.2, 0.25) is 5.91 Å². The fourth-order valence-corrected chi connectivity index (χ4v) is 4.36. The maximum absolute atomic E-state index is 12.7. The molecular weight excluding hydrogens is 322 g/mol. The van der Waals surface area contributed by atoms with Crippen LogP contribution in [0.4, 0.5) is 0 Å². The van der Waals surface area contributed by atoms with E-state index in [0.717, 1.165) is 35.2 Å². The zero-order valence-corrected chi connectivity index (χ0v) is 13.9. The predicted molar refractivity (Wildman–Crippen MR) is 94.2 cm³/mol. The Labute approximate surface area is 143 Å². The summed E-state index contributed by atoms with van der Waals surface area (Å²) in [7, 11) is 0. The second-order valence-electron chi connectivity index (χ2n) is 5.98. The molecule has 6 heteroatoms. The normalized spacial score (nSPS) is 13.2. The third-order valence-corrected chi connectivity index (χ3v) is 5.54. The number of hydrogen-bond donors (Lipinski definition) is 1. The van der Waals surface area contributed by atoms with E-state index < -0.39 is 0 Å². The van der Waals surface area contributed by atoms with Gasteiger partial charge in [-0.15, -0.1) is 11.3 Å². The number of fused-ring (bicyclic) bond motifs is 3.